The summed E-state index contributed by atoms with van der Waals surface area (Å²) < 4.78 is 31.9. The minimum atomic E-state index is -3.45. The molecular formula is C21H28N2O4S. The number of aromatic nitrogens is 2. The number of benzene rings is 1. The average molecular weight is 405 g/mol. The van der Waals surface area contributed by atoms with E-state index in [0.717, 1.165) is 11.1 Å². The zero-order valence-electron chi connectivity index (χ0n) is 17.7. The molecule has 0 aliphatic heterocycles. The Morgan fingerprint density at radius 2 is 1.75 bits per heavy atom. The molecule has 0 bridgehead atoms. The fourth-order valence-corrected chi connectivity index (χ4v) is 4.04. The normalized spacial score (nSPS) is 11.6. The number of carbonyl (C=O) groups excluding carboxylic acids is 1. The maximum Gasteiger partial charge on any atom is 0.223 e. The molecule has 0 spiro atoms. The topological polar surface area (TPSA) is 78.3 Å². The Morgan fingerprint density at radius 1 is 1.14 bits per heavy atom. The van der Waals surface area contributed by atoms with Crippen LogP contribution in [-0.2, 0) is 16.9 Å². The van der Waals surface area contributed by atoms with Gasteiger partial charge in [-0.2, -0.15) is 5.10 Å². The zero-order chi connectivity index (χ0) is 21.4. The van der Waals surface area contributed by atoms with Crippen LogP contribution in [0.3, 0.4) is 0 Å². The van der Waals surface area contributed by atoms with Gasteiger partial charge in [-0.15, -0.1) is 0 Å². The van der Waals surface area contributed by atoms with Crippen molar-refractivity contribution >= 4 is 21.2 Å². The van der Waals surface area contributed by atoms with E-state index < -0.39 is 9.84 Å². The summed E-state index contributed by atoms with van der Waals surface area (Å²) in [4.78, 5) is 13.5. The monoisotopic (exact) mass is 404 g/mol. The first-order valence-corrected chi connectivity index (χ1v) is 11.0. The lowest BCUT2D eigenvalue weighted by molar-refractivity contribution is 0.103. The Hall–Kier alpha value is -2.41. The third-order valence-electron chi connectivity index (χ3n) is 4.67. The minimum absolute atomic E-state index is 0.112. The Morgan fingerprint density at radius 3 is 2.25 bits per heavy atom. The minimum Gasteiger partial charge on any atom is -0.475 e. The van der Waals surface area contributed by atoms with Crippen molar-refractivity contribution in [1.82, 2.24) is 9.78 Å². The Bertz CT molecular complexity index is 1060. The molecule has 0 fully saturated rings. The summed E-state index contributed by atoms with van der Waals surface area (Å²) in [5.41, 5.74) is 3.84. The van der Waals surface area contributed by atoms with Crippen molar-refractivity contribution in [1.29, 1.82) is 0 Å². The van der Waals surface area contributed by atoms with Crippen LogP contribution < -0.4 is 4.74 Å². The highest BCUT2D eigenvalue weighted by Crippen LogP contribution is 2.33. The van der Waals surface area contributed by atoms with Gasteiger partial charge in [0.15, 0.2) is 15.6 Å². The molecule has 0 saturated heterocycles. The van der Waals surface area contributed by atoms with Crippen LogP contribution in [0.2, 0.25) is 0 Å². The lowest BCUT2D eigenvalue weighted by atomic mass is 9.91. The molecule has 0 saturated carbocycles. The Labute approximate surface area is 167 Å². The molecule has 2 aromatic rings. The SMILES string of the molecule is CC(C)=C(C)c1c(S(C)(=O)=O)ccc(C(=O)c2cnn(C)c2OC(C)C)c1C. The summed E-state index contributed by atoms with van der Waals surface area (Å²) in [5.74, 6) is 0.149. The molecule has 152 valence electrons. The number of allylic oxidation sites excluding steroid dienone is 2. The molecule has 0 atom stereocenters. The summed E-state index contributed by atoms with van der Waals surface area (Å²) >= 11 is 0. The van der Waals surface area contributed by atoms with E-state index >= 15 is 0 Å². The summed E-state index contributed by atoms with van der Waals surface area (Å²) in [6.45, 7) is 11.3. The van der Waals surface area contributed by atoms with E-state index in [0.29, 0.717) is 28.1 Å². The molecule has 28 heavy (non-hydrogen) atoms. The van der Waals surface area contributed by atoms with Crippen LogP contribution in [0.4, 0.5) is 0 Å². The number of nitrogens with zero attached hydrogens (tertiary/aromatic N) is 2. The van der Waals surface area contributed by atoms with Crippen LogP contribution in [0.5, 0.6) is 5.88 Å². The molecule has 2 rings (SSSR count). The first-order chi connectivity index (χ1) is 12.9. The molecule has 0 aliphatic rings. The quantitative estimate of drug-likeness (QED) is 0.681. The lowest BCUT2D eigenvalue weighted by Gasteiger charge is -2.17. The number of rotatable bonds is 6. The van der Waals surface area contributed by atoms with Crippen molar-refractivity contribution in [3.05, 3.63) is 46.2 Å². The highest BCUT2D eigenvalue weighted by atomic mass is 32.2. The smallest absolute Gasteiger partial charge is 0.223 e. The third kappa shape index (κ3) is 4.19. The number of carbonyl (C=O) groups is 1. The first kappa shape index (κ1) is 21.9. The number of aryl methyl sites for hydroxylation is 1. The van der Waals surface area contributed by atoms with Gasteiger partial charge in [-0.25, -0.2) is 13.1 Å². The van der Waals surface area contributed by atoms with Gasteiger partial charge in [0.2, 0.25) is 5.88 Å². The summed E-state index contributed by atoms with van der Waals surface area (Å²) in [5, 5.41) is 4.15. The second-order valence-electron chi connectivity index (χ2n) is 7.49. The summed E-state index contributed by atoms with van der Waals surface area (Å²) in [6, 6.07) is 3.08. The maximum atomic E-state index is 13.3. The number of hydrogen-bond donors (Lipinski definition) is 0. The number of sulfone groups is 1. The van der Waals surface area contributed by atoms with E-state index in [1.807, 2.05) is 34.6 Å². The highest BCUT2D eigenvalue weighted by molar-refractivity contribution is 7.90. The van der Waals surface area contributed by atoms with Gasteiger partial charge in [0, 0.05) is 18.9 Å². The second kappa shape index (κ2) is 7.91. The molecule has 1 aromatic carbocycles. The van der Waals surface area contributed by atoms with Crippen molar-refractivity contribution in [3.8, 4) is 5.88 Å². The van der Waals surface area contributed by atoms with Crippen LogP contribution in [0.25, 0.3) is 5.57 Å². The fourth-order valence-electron chi connectivity index (χ4n) is 3.05. The molecule has 0 unspecified atom stereocenters. The largest absolute Gasteiger partial charge is 0.475 e. The number of ether oxygens (including phenoxy) is 1. The molecule has 0 aliphatic carbocycles. The zero-order valence-corrected chi connectivity index (χ0v) is 18.6. The van der Waals surface area contributed by atoms with E-state index in [9.17, 15) is 13.2 Å². The van der Waals surface area contributed by atoms with Gasteiger partial charge in [-0.1, -0.05) is 5.57 Å². The molecule has 1 heterocycles. The summed E-state index contributed by atoms with van der Waals surface area (Å²) in [7, 11) is -1.73. The first-order valence-electron chi connectivity index (χ1n) is 9.07. The number of hydrogen-bond acceptors (Lipinski definition) is 5. The second-order valence-corrected chi connectivity index (χ2v) is 9.48. The van der Waals surface area contributed by atoms with Gasteiger partial charge >= 0.3 is 0 Å². The van der Waals surface area contributed by atoms with Crippen LogP contribution >= 0.6 is 0 Å². The third-order valence-corrected chi connectivity index (χ3v) is 5.81. The van der Waals surface area contributed by atoms with Crippen molar-refractivity contribution in [3.63, 3.8) is 0 Å². The molecule has 0 N–H and O–H groups in total. The van der Waals surface area contributed by atoms with Crippen LogP contribution in [0.1, 0.15) is 61.7 Å². The van der Waals surface area contributed by atoms with Crippen LogP contribution in [0.15, 0.2) is 28.8 Å². The molecular weight excluding hydrogens is 376 g/mol. The molecule has 0 amide bonds. The van der Waals surface area contributed by atoms with Gasteiger partial charge in [0.05, 0.1) is 17.2 Å². The summed E-state index contributed by atoms with van der Waals surface area (Å²) in [6.07, 6.45) is 2.55. The van der Waals surface area contributed by atoms with Crippen LogP contribution in [0, 0.1) is 6.92 Å². The van der Waals surface area contributed by atoms with Gasteiger partial charge in [0.25, 0.3) is 0 Å². The molecule has 0 radical (unpaired) electrons. The van der Waals surface area contributed by atoms with E-state index in [4.69, 9.17) is 4.74 Å². The predicted octanol–water partition coefficient (Wildman–Crippen LogP) is 3.96. The molecule has 1 aromatic heterocycles. The fraction of sp³-hybridized carbons (Fsp3) is 0.429. The van der Waals surface area contributed by atoms with E-state index in [2.05, 4.69) is 5.10 Å². The van der Waals surface area contributed by atoms with Crippen LogP contribution in [-0.4, -0.2) is 36.3 Å². The van der Waals surface area contributed by atoms with Gasteiger partial charge < -0.3 is 4.74 Å². The maximum absolute atomic E-state index is 13.3. The molecule has 6 nitrogen and oxygen atoms in total. The van der Waals surface area contributed by atoms with Crippen molar-refractivity contribution in [2.45, 2.75) is 52.5 Å². The van der Waals surface area contributed by atoms with Gasteiger partial charge in [-0.3, -0.25) is 4.79 Å². The molecule has 7 heteroatoms. The van der Waals surface area contributed by atoms with E-state index in [1.54, 1.807) is 20.0 Å². The number of ketones is 1. The van der Waals surface area contributed by atoms with E-state index in [-0.39, 0.29) is 16.8 Å². The van der Waals surface area contributed by atoms with Gasteiger partial charge in [0.1, 0.15) is 5.56 Å². The predicted molar refractivity (Wildman–Crippen MR) is 111 cm³/mol. The average Bonchev–Trinajstić information content (AvgIpc) is 2.92. The van der Waals surface area contributed by atoms with Crippen molar-refractivity contribution in [2.24, 2.45) is 7.05 Å². The highest BCUT2D eigenvalue weighted by Gasteiger charge is 2.25. The van der Waals surface area contributed by atoms with E-state index in [1.165, 1.54) is 23.2 Å². The standard InChI is InChI=1S/C21H28N2O4S/c1-12(2)14(5)19-15(6)16(9-10-18(19)28(8,25)26)20(24)17-11-22-23(7)21(17)27-13(3)4/h9-11,13H,1-8H3. The Balaban J connectivity index is 2.74. The van der Waals surface area contributed by atoms with Gasteiger partial charge in [-0.05, 0) is 70.4 Å². The Kier molecular flexibility index (Phi) is 6.18. The van der Waals surface area contributed by atoms with Crippen molar-refractivity contribution < 1.29 is 17.9 Å². The lowest BCUT2D eigenvalue weighted by Crippen LogP contribution is -2.14. The van der Waals surface area contributed by atoms with Crippen molar-refractivity contribution in [2.75, 3.05) is 6.26 Å².